The van der Waals surface area contributed by atoms with Gasteiger partial charge < -0.3 is 10.1 Å². The van der Waals surface area contributed by atoms with Crippen LogP contribution >= 0.6 is 24.0 Å². The molecular weight excluding hydrogens is 329 g/mol. The van der Waals surface area contributed by atoms with Gasteiger partial charge in [0.15, 0.2) is 0 Å². The summed E-state index contributed by atoms with van der Waals surface area (Å²) in [7, 11) is 1.73. The fourth-order valence-corrected chi connectivity index (χ4v) is 3.62. The van der Waals surface area contributed by atoms with Gasteiger partial charge in [-0.25, -0.2) is 0 Å². The van der Waals surface area contributed by atoms with Crippen LogP contribution in [0.1, 0.15) is 35.6 Å². The van der Waals surface area contributed by atoms with Crippen LogP contribution in [-0.2, 0) is 12.8 Å². The number of benzene rings is 2. The summed E-state index contributed by atoms with van der Waals surface area (Å²) in [4.78, 5) is 0. The Morgan fingerprint density at radius 1 is 1.17 bits per heavy atom. The predicted octanol–water partition coefficient (Wildman–Crippen LogP) is 4.98. The molecule has 2 aromatic rings. The average Bonchev–Trinajstić information content (AvgIpc) is 2.56. The fraction of sp³-hybridized carbons (Fsp3) is 0.368. The molecule has 124 valence electrons. The van der Waals surface area contributed by atoms with Crippen LogP contribution in [0, 0.1) is 0 Å². The van der Waals surface area contributed by atoms with E-state index in [1.54, 1.807) is 7.11 Å². The van der Waals surface area contributed by atoms with E-state index in [1.807, 2.05) is 12.1 Å². The molecule has 1 unspecified atom stereocenters. The minimum absolute atomic E-state index is 0. The minimum atomic E-state index is 0. The first-order valence-corrected chi connectivity index (χ1v) is 8.30. The number of hydrogen-bond donors (Lipinski definition) is 1. The van der Waals surface area contributed by atoms with Crippen LogP contribution < -0.4 is 10.1 Å². The number of nitrogens with one attached hydrogen (secondary N) is 1. The monoisotopic (exact) mass is 351 g/mol. The van der Waals surface area contributed by atoms with Gasteiger partial charge in [0.25, 0.3) is 0 Å². The molecule has 3 rings (SSSR count). The summed E-state index contributed by atoms with van der Waals surface area (Å²) in [5.74, 6) is 0.967. The third-order valence-corrected chi connectivity index (χ3v) is 4.73. The lowest BCUT2D eigenvalue weighted by molar-refractivity contribution is 0.396. The van der Waals surface area contributed by atoms with E-state index in [2.05, 4.69) is 35.6 Å². The first kappa shape index (κ1) is 18.1. The standard InChI is InChI=1S/C19H22ClNO.ClH/c1-22-18-11-10-16(20)19-15(18)8-5-9-17(19)21-13-12-14-6-3-2-4-7-14;/h2-4,6-7,10-11,17,21H,5,8-9,12-13H2,1H3;1H. The predicted molar refractivity (Wildman–Crippen MR) is 99.1 cm³/mol. The van der Waals surface area contributed by atoms with Gasteiger partial charge in [-0.2, -0.15) is 0 Å². The Hall–Kier alpha value is -1.22. The zero-order chi connectivity index (χ0) is 15.4. The molecule has 1 atom stereocenters. The highest BCUT2D eigenvalue weighted by Gasteiger charge is 2.25. The Kier molecular flexibility index (Phi) is 6.76. The van der Waals surface area contributed by atoms with Gasteiger partial charge in [-0.1, -0.05) is 41.9 Å². The number of halogens is 2. The lowest BCUT2D eigenvalue weighted by Gasteiger charge is -2.29. The molecule has 0 spiro atoms. The van der Waals surface area contributed by atoms with Gasteiger partial charge in [-0.3, -0.25) is 0 Å². The second kappa shape index (κ2) is 8.58. The molecule has 2 nitrogen and oxygen atoms in total. The number of methoxy groups -OCH3 is 1. The van der Waals surface area contributed by atoms with Crippen molar-refractivity contribution in [1.29, 1.82) is 0 Å². The Morgan fingerprint density at radius 3 is 2.70 bits per heavy atom. The van der Waals surface area contributed by atoms with Gasteiger partial charge in [-0.15, -0.1) is 12.4 Å². The molecule has 0 heterocycles. The highest BCUT2D eigenvalue weighted by atomic mass is 35.5. The van der Waals surface area contributed by atoms with Crippen LogP contribution in [-0.4, -0.2) is 13.7 Å². The second-order valence-electron chi connectivity index (χ2n) is 5.78. The van der Waals surface area contributed by atoms with Crippen LogP contribution in [0.5, 0.6) is 5.75 Å². The van der Waals surface area contributed by atoms with E-state index < -0.39 is 0 Å². The SMILES string of the molecule is COc1ccc(Cl)c2c1CCCC2NCCc1ccccc1.Cl. The normalized spacial score (nSPS) is 16.3. The third-order valence-electron chi connectivity index (χ3n) is 4.40. The molecule has 0 saturated carbocycles. The molecule has 1 aliphatic carbocycles. The van der Waals surface area contributed by atoms with Crippen molar-refractivity contribution in [3.05, 3.63) is 64.2 Å². The Balaban J connectivity index is 0.00000192. The van der Waals surface area contributed by atoms with Gasteiger partial charge in [-0.05, 0) is 55.5 Å². The first-order chi connectivity index (χ1) is 10.8. The van der Waals surface area contributed by atoms with Crippen molar-refractivity contribution in [2.75, 3.05) is 13.7 Å². The zero-order valence-electron chi connectivity index (χ0n) is 13.3. The van der Waals surface area contributed by atoms with Gasteiger partial charge in [0.05, 0.1) is 7.11 Å². The van der Waals surface area contributed by atoms with E-state index in [-0.39, 0.29) is 12.4 Å². The van der Waals surface area contributed by atoms with Crippen LogP contribution in [0.2, 0.25) is 5.02 Å². The summed E-state index contributed by atoms with van der Waals surface area (Å²) in [5.41, 5.74) is 3.88. The van der Waals surface area contributed by atoms with Crippen molar-refractivity contribution < 1.29 is 4.74 Å². The topological polar surface area (TPSA) is 21.3 Å². The van der Waals surface area contributed by atoms with Crippen LogP contribution in [0.15, 0.2) is 42.5 Å². The maximum absolute atomic E-state index is 6.47. The minimum Gasteiger partial charge on any atom is -0.496 e. The van der Waals surface area contributed by atoms with Crippen molar-refractivity contribution in [3.8, 4) is 5.75 Å². The molecule has 0 aliphatic heterocycles. The number of fused-ring (bicyclic) bond motifs is 1. The Morgan fingerprint density at radius 2 is 1.96 bits per heavy atom. The summed E-state index contributed by atoms with van der Waals surface area (Å²) in [6.45, 7) is 0.960. The lowest BCUT2D eigenvalue weighted by Crippen LogP contribution is -2.27. The van der Waals surface area contributed by atoms with Gasteiger partial charge >= 0.3 is 0 Å². The molecule has 1 N–H and O–H groups in total. The fourth-order valence-electron chi connectivity index (χ4n) is 3.31. The largest absolute Gasteiger partial charge is 0.496 e. The highest BCUT2D eigenvalue weighted by molar-refractivity contribution is 6.31. The Bertz CT molecular complexity index is 631. The molecule has 2 aromatic carbocycles. The van der Waals surface area contributed by atoms with Gasteiger partial charge in [0, 0.05) is 16.6 Å². The van der Waals surface area contributed by atoms with Crippen molar-refractivity contribution in [3.63, 3.8) is 0 Å². The first-order valence-electron chi connectivity index (χ1n) is 7.92. The zero-order valence-corrected chi connectivity index (χ0v) is 14.9. The summed E-state index contributed by atoms with van der Waals surface area (Å²) < 4.78 is 5.50. The Labute approximate surface area is 149 Å². The number of rotatable bonds is 5. The summed E-state index contributed by atoms with van der Waals surface area (Å²) in [6, 6.07) is 14.8. The van der Waals surface area contributed by atoms with E-state index in [9.17, 15) is 0 Å². The maximum Gasteiger partial charge on any atom is 0.122 e. The number of hydrogen-bond acceptors (Lipinski definition) is 2. The molecule has 0 bridgehead atoms. The molecule has 0 amide bonds. The third kappa shape index (κ3) is 4.20. The molecular formula is C19H23Cl2NO. The molecule has 0 radical (unpaired) electrons. The van der Waals surface area contributed by atoms with Crippen LogP contribution in [0.4, 0.5) is 0 Å². The van der Waals surface area contributed by atoms with Crippen LogP contribution in [0.3, 0.4) is 0 Å². The highest BCUT2D eigenvalue weighted by Crippen LogP contribution is 2.39. The van der Waals surface area contributed by atoms with E-state index in [1.165, 1.54) is 23.1 Å². The van der Waals surface area contributed by atoms with Crippen molar-refractivity contribution in [2.24, 2.45) is 0 Å². The van der Waals surface area contributed by atoms with Crippen molar-refractivity contribution in [1.82, 2.24) is 5.32 Å². The molecule has 0 saturated heterocycles. The quantitative estimate of drug-likeness (QED) is 0.819. The molecule has 0 aromatic heterocycles. The van der Waals surface area contributed by atoms with E-state index in [4.69, 9.17) is 16.3 Å². The summed E-state index contributed by atoms with van der Waals surface area (Å²) in [6.07, 6.45) is 4.39. The van der Waals surface area contributed by atoms with Crippen molar-refractivity contribution >= 4 is 24.0 Å². The van der Waals surface area contributed by atoms with Crippen LogP contribution in [0.25, 0.3) is 0 Å². The van der Waals surface area contributed by atoms with Gasteiger partial charge in [0.1, 0.15) is 5.75 Å². The second-order valence-corrected chi connectivity index (χ2v) is 6.18. The molecule has 0 fully saturated rings. The molecule has 1 aliphatic rings. The summed E-state index contributed by atoms with van der Waals surface area (Å²) >= 11 is 6.47. The number of ether oxygens (including phenoxy) is 1. The van der Waals surface area contributed by atoms with E-state index in [0.29, 0.717) is 6.04 Å². The van der Waals surface area contributed by atoms with Gasteiger partial charge in [0.2, 0.25) is 0 Å². The van der Waals surface area contributed by atoms with E-state index >= 15 is 0 Å². The average molecular weight is 352 g/mol. The lowest BCUT2D eigenvalue weighted by atomic mass is 9.87. The summed E-state index contributed by atoms with van der Waals surface area (Å²) in [5, 5.41) is 4.53. The van der Waals surface area contributed by atoms with Crippen molar-refractivity contribution in [2.45, 2.75) is 31.7 Å². The molecule has 23 heavy (non-hydrogen) atoms. The smallest absolute Gasteiger partial charge is 0.122 e. The van der Waals surface area contributed by atoms with E-state index in [0.717, 1.165) is 36.6 Å². The maximum atomic E-state index is 6.47. The molecule has 4 heteroatoms.